The van der Waals surface area contributed by atoms with E-state index in [1.807, 2.05) is 27.7 Å². The summed E-state index contributed by atoms with van der Waals surface area (Å²) >= 11 is 0. The van der Waals surface area contributed by atoms with Gasteiger partial charge in [-0.05, 0) is 19.3 Å². The van der Waals surface area contributed by atoms with Crippen molar-refractivity contribution in [1.29, 1.82) is 0 Å². The molecule has 0 radical (unpaired) electrons. The number of carbonyl (C=O) groups excluding carboxylic acids is 3. The number of halogens is 1. The maximum Gasteiger partial charge on any atom is 1.00 e. The van der Waals surface area contributed by atoms with Gasteiger partial charge in [-0.2, -0.15) is 13.5 Å². The number of aliphatic hydroxyl groups is 1. The Balaban J connectivity index is -0.000000436. The largest absolute Gasteiger partial charge is 1.00 e. The molecule has 0 heterocycles. The third-order valence-corrected chi connectivity index (χ3v) is 7.21. The Labute approximate surface area is 398 Å². The second kappa shape index (κ2) is 60.3. The van der Waals surface area contributed by atoms with Crippen molar-refractivity contribution in [3.05, 3.63) is 0 Å². The number of nitrogens with one attached hydrogen (secondary N) is 3. The van der Waals surface area contributed by atoms with Crippen LogP contribution in [-0.2, 0) is 42.9 Å². The molecule has 0 aromatic rings. The summed E-state index contributed by atoms with van der Waals surface area (Å²) in [5.74, 6) is -2.99. The molecule has 3 amide bonds. The number of carboxylic acid groups (broad SMARTS) is 2. The Bertz CT molecular complexity index is 900. The van der Waals surface area contributed by atoms with Crippen LogP contribution in [0, 0.1) is 0 Å². The first-order valence-corrected chi connectivity index (χ1v) is 20.4. The van der Waals surface area contributed by atoms with Crippen molar-refractivity contribution in [3.63, 3.8) is 0 Å². The summed E-state index contributed by atoms with van der Waals surface area (Å²) in [5, 5.41) is 34.1. The average Bonchev–Trinajstić information content (AvgIpc) is 3.17. The van der Waals surface area contributed by atoms with E-state index in [4.69, 9.17) is 29.2 Å². The predicted octanol–water partition coefficient (Wildman–Crippen LogP) is 2.49. The molecule has 344 valence electrons. The summed E-state index contributed by atoms with van der Waals surface area (Å²) in [6.07, 6.45) is 10.6. The SMILES string of the molecule is CC.CC.CCCC.O=C(O)CCCCCCCCCCCCC(=O)NC(CCC(=O)NCCOCCOCC(=O)NCCOCCOCC(O)F)C(=O)O.S.[K+].[OH-]. The number of hydrogen-bond acceptors (Lipinski definition) is 11. The topological polar surface area (TPSA) is 249 Å². The first-order valence-electron chi connectivity index (χ1n) is 20.4. The zero-order chi connectivity index (χ0) is 42.4. The minimum Gasteiger partial charge on any atom is -0.870 e. The van der Waals surface area contributed by atoms with Crippen LogP contribution in [0.1, 0.15) is 144 Å². The number of carboxylic acids is 2. The molecule has 0 aliphatic heterocycles. The molecular weight excluding hydrogens is 809 g/mol. The summed E-state index contributed by atoms with van der Waals surface area (Å²) in [4.78, 5) is 57.9. The number of aliphatic carboxylic acids is 2. The number of ether oxygens (including phenoxy) is 4. The van der Waals surface area contributed by atoms with Crippen LogP contribution in [0.15, 0.2) is 0 Å². The Hall–Kier alpha value is -0.974. The van der Waals surface area contributed by atoms with Crippen molar-refractivity contribution in [1.82, 2.24) is 16.0 Å². The first kappa shape index (κ1) is 71.5. The molecule has 0 aromatic heterocycles. The molecule has 2 unspecified atom stereocenters. The summed E-state index contributed by atoms with van der Waals surface area (Å²) in [7, 11) is 0. The molecule has 7 N–H and O–H groups in total. The number of aliphatic hydroxyl groups excluding tert-OH is 1. The van der Waals surface area contributed by atoms with Gasteiger partial charge < -0.3 is 55.7 Å². The smallest absolute Gasteiger partial charge is 0.870 e. The van der Waals surface area contributed by atoms with E-state index in [1.165, 1.54) is 12.8 Å². The number of unbranched alkanes of at least 4 members (excludes halogenated alkanes) is 10. The fourth-order valence-electron chi connectivity index (χ4n) is 4.23. The zero-order valence-electron chi connectivity index (χ0n) is 36.9. The minimum absolute atomic E-state index is 0. The van der Waals surface area contributed by atoms with Gasteiger partial charge in [-0.15, -0.1) is 0 Å². The fourth-order valence-corrected chi connectivity index (χ4v) is 4.23. The summed E-state index contributed by atoms with van der Waals surface area (Å²) in [6, 6.07) is -1.15. The molecule has 0 aliphatic carbocycles. The second-order valence-corrected chi connectivity index (χ2v) is 11.9. The van der Waals surface area contributed by atoms with Gasteiger partial charge in [0.1, 0.15) is 19.3 Å². The van der Waals surface area contributed by atoms with E-state index in [0.29, 0.717) is 6.42 Å². The molecule has 0 bridgehead atoms. The van der Waals surface area contributed by atoms with E-state index in [9.17, 15) is 33.5 Å². The van der Waals surface area contributed by atoms with Crippen molar-refractivity contribution in [3.8, 4) is 0 Å². The van der Waals surface area contributed by atoms with Crippen LogP contribution >= 0.6 is 13.5 Å². The van der Waals surface area contributed by atoms with Gasteiger partial charge in [0.2, 0.25) is 24.1 Å². The van der Waals surface area contributed by atoms with Gasteiger partial charge in [-0.3, -0.25) is 19.2 Å². The number of alkyl halides is 1. The molecule has 19 heteroatoms. The molecule has 0 fully saturated rings. The molecule has 0 saturated carbocycles. The van der Waals surface area contributed by atoms with E-state index in [2.05, 4.69) is 29.8 Å². The Morgan fingerprint density at radius 1 is 0.586 bits per heavy atom. The normalized spacial score (nSPS) is 10.7. The molecule has 2 atom stereocenters. The molecule has 16 nitrogen and oxygen atoms in total. The van der Waals surface area contributed by atoms with Crippen LogP contribution in [0.2, 0.25) is 0 Å². The van der Waals surface area contributed by atoms with Gasteiger partial charge in [-0.1, -0.05) is 106 Å². The Kier molecular flexibility index (Phi) is 74.4. The molecule has 0 aromatic carbocycles. The van der Waals surface area contributed by atoms with Gasteiger partial charge in [-0.25, -0.2) is 9.18 Å². The second-order valence-electron chi connectivity index (χ2n) is 11.9. The molecule has 0 rings (SSSR count). The van der Waals surface area contributed by atoms with Crippen LogP contribution in [0.3, 0.4) is 0 Å². The van der Waals surface area contributed by atoms with Crippen LogP contribution < -0.4 is 67.3 Å². The standard InChI is InChI=1S/C31H56FN3O12.C4H10.2C2H6.K.H2O.H2S/c32-26(36)23-46-21-19-45-18-16-34-29(39)24-47-22-20-44-17-15-33-27(37)14-13-25(31(42)43)35-28(38)11-9-7-5-3-1-2-4-6-8-10-12-30(40)41;1-3-4-2;2*1-2;;;/h25-26,36H,1-24H2,(H,33,37)(H,34,39)(H,35,38)(H,40,41)(H,42,43);3-4H2,1-2H3;2*1-2H3;;2*1H2/q;;;;+1;;/p-1. The van der Waals surface area contributed by atoms with E-state index in [1.54, 1.807) is 0 Å². The van der Waals surface area contributed by atoms with E-state index in [-0.39, 0.29) is 173 Å². The van der Waals surface area contributed by atoms with E-state index in [0.717, 1.165) is 57.8 Å². The summed E-state index contributed by atoms with van der Waals surface area (Å²) < 4.78 is 32.6. The van der Waals surface area contributed by atoms with Gasteiger partial charge in [0.25, 0.3) is 0 Å². The molecular formula is C39H81FKN3O13S. The third-order valence-electron chi connectivity index (χ3n) is 7.21. The van der Waals surface area contributed by atoms with E-state index >= 15 is 0 Å². The maximum atomic E-state index is 12.2. The van der Waals surface area contributed by atoms with Gasteiger partial charge in [0.05, 0.1) is 39.6 Å². The number of hydrogen-bond donors (Lipinski definition) is 6. The minimum atomic E-state index is -2.02. The first-order chi connectivity index (χ1) is 26.5. The van der Waals surface area contributed by atoms with Crippen molar-refractivity contribution in [2.24, 2.45) is 0 Å². The number of rotatable bonds is 35. The quantitative estimate of drug-likeness (QED) is 0.0396. The van der Waals surface area contributed by atoms with E-state index < -0.39 is 30.9 Å². The third kappa shape index (κ3) is 64.2. The molecule has 0 spiro atoms. The maximum absolute atomic E-state index is 12.2. The number of carbonyl (C=O) groups is 5. The van der Waals surface area contributed by atoms with Crippen molar-refractivity contribution in [2.45, 2.75) is 157 Å². The summed E-state index contributed by atoms with van der Waals surface area (Å²) in [6.45, 7) is 13.3. The predicted molar refractivity (Wildman–Crippen MR) is 224 cm³/mol. The summed E-state index contributed by atoms with van der Waals surface area (Å²) in [5.41, 5.74) is 0. The van der Waals surface area contributed by atoms with Crippen molar-refractivity contribution >= 4 is 43.2 Å². The molecule has 0 saturated heterocycles. The van der Waals surface area contributed by atoms with Crippen LogP contribution in [0.5, 0.6) is 0 Å². The zero-order valence-corrected chi connectivity index (χ0v) is 41.0. The van der Waals surface area contributed by atoms with Gasteiger partial charge >= 0.3 is 63.3 Å². The van der Waals surface area contributed by atoms with Gasteiger partial charge in [0.15, 0.2) is 0 Å². The average molecular weight is 890 g/mol. The van der Waals surface area contributed by atoms with Crippen molar-refractivity contribution in [2.75, 3.05) is 65.9 Å². The monoisotopic (exact) mass is 890 g/mol. The molecule has 58 heavy (non-hydrogen) atoms. The van der Waals surface area contributed by atoms with Crippen molar-refractivity contribution < 1.29 is 119 Å². The number of amides is 3. The fraction of sp³-hybridized carbons (Fsp3) is 0.872. The van der Waals surface area contributed by atoms with Gasteiger partial charge in [0, 0.05) is 32.4 Å². The Morgan fingerprint density at radius 3 is 1.43 bits per heavy atom. The van der Waals surface area contributed by atoms with Crippen LogP contribution in [0.25, 0.3) is 0 Å². The van der Waals surface area contributed by atoms with Crippen LogP contribution in [-0.4, -0.2) is 129 Å². The van der Waals surface area contributed by atoms with Crippen LogP contribution in [0.4, 0.5) is 4.39 Å². The molecule has 0 aliphatic rings. The Morgan fingerprint density at radius 2 is 1.00 bits per heavy atom.